The Labute approximate surface area is 177 Å². The SMILES string of the molecule is CCCCCCCOc1cccc(OCCCCCCC)c1Oc1ccccc1. The molecular weight excluding hydrogens is 360 g/mol. The van der Waals surface area contributed by atoms with E-state index in [0.717, 1.165) is 30.1 Å². The van der Waals surface area contributed by atoms with E-state index in [0.29, 0.717) is 19.0 Å². The van der Waals surface area contributed by atoms with Gasteiger partial charge in [-0.15, -0.1) is 0 Å². The van der Waals surface area contributed by atoms with Crippen molar-refractivity contribution in [1.29, 1.82) is 0 Å². The van der Waals surface area contributed by atoms with E-state index in [9.17, 15) is 0 Å². The Bertz CT molecular complexity index is 620. The third-order valence-electron chi connectivity index (χ3n) is 4.92. The van der Waals surface area contributed by atoms with E-state index in [1.54, 1.807) is 0 Å². The van der Waals surface area contributed by atoms with Gasteiger partial charge in [-0.25, -0.2) is 0 Å². The molecule has 0 spiro atoms. The Kier molecular flexibility index (Phi) is 11.8. The molecular formula is C26H38O3. The first-order valence-corrected chi connectivity index (χ1v) is 11.5. The van der Waals surface area contributed by atoms with Gasteiger partial charge in [0.05, 0.1) is 13.2 Å². The lowest BCUT2D eigenvalue weighted by molar-refractivity contribution is 0.268. The van der Waals surface area contributed by atoms with Gasteiger partial charge in [0.25, 0.3) is 0 Å². The lowest BCUT2D eigenvalue weighted by Crippen LogP contribution is -2.03. The van der Waals surface area contributed by atoms with Crippen molar-refractivity contribution in [1.82, 2.24) is 0 Å². The van der Waals surface area contributed by atoms with Gasteiger partial charge in [0.15, 0.2) is 11.5 Å². The highest BCUT2D eigenvalue weighted by Gasteiger charge is 2.14. The van der Waals surface area contributed by atoms with Crippen LogP contribution in [0.2, 0.25) is 0 Å². The molecule has 0 heterocycles. The standard InChI is InChI=1S/C26H38O3/c1-3-5-7-9-14-21-27-24-19-16-20-25(28-22-15-10-8-6-4-2)26(24)29-23-17-12-11-13-18-23/h11-13,16-20H,3-10,14-15,21-22H2,1-2H3. The van der Waals surface area contributed by atoms with Crippen LogP contribution >= 0.6 is 0 Å². The molecule has 0 N–H and O–H groups in total. The van der Waals surface area contributed by atoms with Gasteiger partial charge in [0.2, 0.25) is 5.75 Å². The van der Waals surface area contributed by atoms with Crippen molar-refractivity contribution in [3.05, 3.63) is 48.5 Å². The molecule has 29 heavy (non-hydrogen) atoms. The fraction of sp³-hybridized carbons (Fsp3) is 0.538. The second-order valence-corrected chi connectivity index (χ2v) is 7.52. The maximum Gasteiger partial charge on any atom is 0.211 e. The molecule has 0 aromatic heterocycles. The summed E-state index contributed by atoms with van der Waals surface area (Å²) in [4.78, 5) is 0. The highest BCUT2D eigenvalue weighted by atomic mass is 16.5. The van der Waals surface area contributed by atoms with Crippen molar-refractivity contribution in [2.45, 2.75) is 78.1 Å². The smallest absolute Gasteiger partial charge is 0.211 e. The highest BCUT2D eigenvalue weighted by molar-refractivity contribution is 5.53. The van der Waals surface area contributed by atoms with Gasteiger partial charge in [-0.1, -0.05) is 89.5 Å². The molecule has 160 valence electrons. The summed E-state index contributed by atoms with van der Waals surface area (Å²) in [7, 11) is 0. The minimum atomic E-state index is 0.681. The Balaban J connectivity index is 1.98. The molecule has 2 aromatic rings. The zero-order valence-corrected chi connectivity index (χ0v) is 18.3. The molecule has 0 aliphatic carbocycles. The van der Waals surface area contributed by atoms with Crippen LogP contribution in [0.15, 0.2) is 48.5 Å². The monoisotopic (exact) mass is 398 g/mol. The van der Waals surface area contributed by atoms with Crippen molar-refractivity contribution in [2.75, 3.05) is 13.2 Å². The van der Waals surface area contributed by atoms with Crippen LogP contribution in [-0.4, -0.2) is 13.2 Å². The lowest BCUT2D eigenvalue weighted by Gasteiger charge is -2.17. The van der Waals surface area contributed by atoms with Crippen molar-refractivity contribution in [2.24, 2.45) is 0 Å². The quantitative estimate of drug-likeness (QED) is 0.267. The summed E-state index contributed by atoms with van der Waals surface area (Å²) < 4.78 is 18.4. The molecule has 0 saturated heterocycles. The molecule has 0 bridgehead atoms. The fourth-order valence-corrected chi connectivity index (χ4v) is 3.21. The summed E-state index contributed by atoms with van der Waals surface area (Å²) in [6.07, 6.45) is 12.2. The van der Waals surface area contributed by atoms with Crippen LogP contribution in [0.3, 0.4) is 0 Å². The summed E-state index contributed by atoms with van der Waals surface area (Å²) in [6.45, 7) is 5.88. The van der Waals surface area contributed by atoms with Gasteiger partial charge in [-0.2, -0.15) is 0 Å². The Morgan fingerprint density at radius 1 is 0.552 bits per heavy atom. The second kappa shape index (κ2) is 14.8. The first-order valence-electron chi connectivity index (χ1n) is 11.5. The molecule has 0 saturated carbocycles. The number of hydrogen-bond acceptors (Lipinski definition) is 3. The minimum Gasteiger partial charge on any atom is -0.490 e. The Hall–Kier alpha value is -2.16. The maximum absolute atomic E-state index is 6.18. The van der Waals surface area contributed by atoms with Crippen LogP contribution < -0.4 is 14.2 Å². The first-order chi connectivity index (χ1) is 14.3. The Morgan fingerprint density at radius 2 is 1.07 bits per heavy atom. The average molecular weight is 399 g/mol. The fourth-order valence-electron chi connectivity index (χ4n) is 3.21. The van der Waals surface area contributed by atoms with E-state index in [1.165, 1.54) is 51.4 Å². The topological polar surface area (TPSA) is 27.7 Å². The third kappa shape index (κ3) is 9.25. The number of benzene rings is 2. The van der Waals surface area contributed by atoms with Crippen LogP contribution in [0.25, 0.3) is 0 Å². The first kappa shape index (κ1) is 23.1. The van der Waals surface area contributed by atoms with E-state index >= 15 is 0 Å². The zero-order valence-electron chi connectivity index (χ0n) is 18.3. The highest BCUT2D eigenvalue weighted by Crippen LogP contribution is 2.40. The number of unbranched alkanes of at least 4 members (excludes halogenated alkanes) is 8. The molecule has 0 amide bonds. The van der Waals surface area contributed by atoms with Gasteiger partial charge < -0.3 is 14.2 Å². The number of hydrogen-bond donors (Lipinski definition) is 0. The molecule has 0 atom stereocenters. The molecule has 0 aliphatic heterocycles. The molecule has 0 unspecified atom stereocenters. The van der Waals surface area contributed by atoms with Crippen molar-refractivity contribution >= 4 is 0 Å². The summed E-state index contributed by atoms with van der Waals surface area (Å²) in [5.74, 6) is 2.99. The van der Waals surface area contributed by atoms with Crippen molar-refractivity contribution in [3.8, 4) is 23.0 Å². The minimum absolute atomic E-state index is 0.681. The van der Waals surface area contributed by atoms with E-state index in [-0.39, 0.29) is 0 Å². The van der Waals surface area contributed by atoms with E-state index in [1.807, 2.05) is 48.5 Å². The van der Waals surface area contributed by atoms with Gasteiger partial charge in [-0.05, 0) is 37.1 Å². The molecule has 0 radical (unpaired) electrons. The molecule has 2 rings (SSSR count). The summed E-state index contributed by atoms with van der Waals surface area (Å²) in [5.41, 5.74) is 0. The van der Waals surface area contributed by atoms with Gasteiger partial charge >= 0.3 is 0 Å². The number of para-hydroxylation sites is 2. The van der Waals surface area contributed by atoms with Gasteiger partial charge in [-0.3, -0.25) is 0 Å². The van der Waals surface area contributed by atoms with E-state index in [2.05, 4.69) is 13.8 Å². The number of rotatable bonds is 16. The zero-order chi connectivity index (χ0) is 20.6. The summed E-state index contributed by atoms with van der Waals surface area (Å²) in [5, 5.41) is 0. The predicted octanol–water partition coefficient (Wildman–Crippen LogP) is 8.18. The van der Waals surface area contributed by atoms with Crippen LogP contribution in [0, 0.1) is 0 Å². The van der Waals surface area contributed by atoms with E-state index in [4.69, 9.17) is 14.2 Å². The van der Waals surface area contributed by atoms with Crippen LogP contribution in [-0.2, 0) is 0 Å². The average Bonchev–Trinajstić information content (AvgIpc) is 2.75. The summed E-state index contributed by atoms with van der Waals surface area (Å²) >= 11 is 0. The second-order valence-electron chi connectivity index (χ2n) is 7.52. The normalized spacial score (nSPS) is 10.7. The largest absolute Gasteiger partial charge is 0.490 e. The molecule has 2 aromatic carbocycles. The van der Waals surface area contributed by atoms with Crippen molar-refractivity contribution in [3.63, 3.8) is 0 Å². The Morgan fingerprint density at radius 3 is 1.59 bits per heavy atom. The number of ether oxygens (including phenoxy) is 3. The molecule has 0 fully saturated rings. The van der Waals surface area contributed by atoms with Crippen LogP contribution in [0.1, 0.15) is 78.1 Å². The van der Waals surface area contributed by atoms with Crippen molar-refractivity contribution < 1.29 is 14.2 Å². The lowest BCUT2D eigenvalue weighted by atomic mass is 10.2. The van der Waals surface area contributed by atoms with Crippen LogP contribution in [0.4, 0.5) is 0 Å². The third-order valence-corrected chi connectivity index (χ3v) is 4.92. The molecule has 3 heteroatoms. The predicted molar refractivity (Wildman–Crippen MR) is 121 cm³/mol. The molecule has 0 aliphatic rings. The molecule has 3 nitrogen and oxygen atoms in total. The van der Waals surface area contributed by atoms with Crippen LogP contribution in [0.5, 0.6) is 23.0 Å². The van der Waals surface area contributed by atoms with Gasteiger partial charge in [0.1, 0.15) is 5.75 Å². The van der Waals surface area contributed by atoms with Gasteiger partial charge in [0, 0.05) is 0 Å². The maximum atomic E-state index is 6.18. The summed E-state index contributed by atoms with van der Waals surface area (Å²) in [6, 6.07) is 15.8. The van der Waals surface area contributed by atoms with E-state index < -0.39 is 0 Å².